The second-order valence-corrected chi connectivity index (χ2v) is 7.24. The maximum Gasteiger partial charge on any atom is 0.191 e. The Bertz CT molecular complexity index is 963. The second-order valence-electron chi connectivity index (χ2n) is 7.24. The second kappa shape index (κ2) is 10.6. The number of aromatic nitrogens is 5. The zero-order chi connectivity index (χ0) is 20.1. The van der Waals surface area contributed by atoms with E-state index in [1.807, 2.05) is 23.1 Å². The molecule has 0 saturated heterocycles. The molecule has 1 aliphatic rings. The summed E-state index contributed by atoms with van der Waals surface area (Å²) in [7, 11) is 1.80. The van der Waals surface area contributed by atoms with Crippen LogP contribution in [0.15, 0.2) is 47.7 Å². The van der Waals surface area contributed by atoms with E-state index in [0.29, 0.717) is 6.54 Å². The topological polar surface area (TPSA) is 84.9 Å². The Morgan fingerprint density at radius 3 is 2.87 bits per heavy atom. The first-order chi connectivity index (χ1) is 14.2. The molecule has 2 aromatic heterocycles. The van der Waals surface area contributed by atoms with E-state index in [0.717, 1.165) is 55.8 Å². The molecule has 4 rings (SSSR count). The van der Waals surface area contributed by atoms with Gasteiger partial charge in [-0.2, -0.15) is 5.10 Å². The highest BCUT2D eigenvalue weighted by Gasteiger charge is 2.22. The molecule has 160 valence electrons. The quantitative estimate of drug-likeness (QED) is 0.296. The monoisotopic (exact) mass is 520 g/mol. The lowest BCUT2D eigenvalue weighted by molar-refractivity contribution is 0.392. The Morgan fingerprint density at radius 2 is 2.10 bits per heavy atom. The van der Waals surface area contributed by atoms with Crippen LogP contribution in [-0.4, -0.2) is 43.4 Å². The number of aliphatic imine (C=N–C) groups is 1. The van der Waals surface area contributed by atoms with Gasteiger partial charge in [-0.3, -0.25) is 4.99 Å². The lowest BCUT2D eigenvalue weighted by Gasteiger charge is -2.25. The summed E-state index contributed by atoms with van der Waals surface area (Å²) >= 11 is 0. The predicted molar refractivity (Wildman–Crippen MR) is 128 cm³/mol. The summed E-state index contributed by atoms with van der Waals surface area (Å²) in [5, 5.41) is 11.5. The molecule has 3 aromatic rings. The molecule has 0 amide bonds. The Balaban J connectivity index is 0.00000256. The molecule has 0 fully saturated rings. The summed E-state index contributed by atoms with van der Waals surface area (Å²) in [6, 6.07) is 10.7. The normalized spacial score (nSPS) is 15.9. The van der Waals surface area contributed by atoms with E-state index in [1.165, 1.54) is 5.56 Å². The maximum absolute atomic E-state index is 4.58. The van der Waals surface area contributed by atoms with Crippen LogP contribution in [-0.2, 0) is 32.5 Å². The zero-order valence-electron chi connectivity index (χ0n) is 17.5. The number of nitrogens with zero attached hydrogens (tertiary/aromatic N) is 6. The van der Waals surface area contributed by atoms with Crippen molar-refractivity contribution < 1.29 is 0 Å². The van der Waals surface area contributed by atoms with Crippen LogP contribution in [0.4, 0.5) is 0 Å². The smallest absolute Gasteiger partial charge is 0.191 e. The fraction of sp³-hybridized carbons (Fsp3) is 0.429. The van der Waals surface area contributed by atoms with Gasteiger partial charge in [0.1, 0.15) is 11.6 Å². The first-order valence-corrected chi connectivity index (χ1v) is 10.2. The van der Waals surface area contributed by atoms with Gasteiger partial charge < -0.3 is 15.2 Å². The van der Waals surface area contributed by atoms with E-state index >= 15 is 0 Å². The number of halogens is 1. The third kappa shape index (κ3) is 5.38. The number of guanidine groups is 1. The van der Waals surface area contributed by atoms with Crippen LogP contribution < -0.4 is 10.6 Å². The van der Waals surface area contributed by atoms with Crippen molar-refractivity contribution in [3.05, 3.63) is 65.8 Å². The van der Waals surface area contributed by atoms with Crippen LogP contribution in [0.1, 0.15) is 36.4 Å². The van der Waals surface area contributed by atoms with E-state index in [-0.39, 0.29) is 30.0 Å². The van der Waals surface area contributed by atoms with Crippen molar-refractivity contribution in [2.45, 2.75) is 51.9 Å². The van der Waals surface area contributed by atoms with E-state index < -0.39 is 0 Å². The van der Waals surface area contributed by atoms with Gasteiger partial charge >= 0.3 is 0 Å². The number of benzene rings is 1. The minimum Gasteiger partial charge on any atom is -0.352 e. The van der Waals surface area contributed by atoms with Gasteiger partial charge in [-0.25, -0.2) is 14.6 Å². The van der Waals surface area contributed by atoms with E-state index in [4.69, 9.17) is 0 Å². The van der Waals surface area contributed by atoms with Gasteiger partial charge in [0.05, 0.1) is 13.1 Å². The van der Waals surface area contributed by atoms with Gasteiger partial charge in [0, 0.05) is 44.9 Å². The minimum absolute atomic E-state index is 0. The number of fused-ring (bicyclic) bond motifs is 1. The molecule has 0 saturated carbocycles. The molecule has 1 unspecified atom stereocenters. The van der Waals surface area contributed by atoms with Gasteiger partial charge in [-0.15, -0.1) is 24.0 Å². The van der Waals surface area contributed by atoms with E-state index in [9.17, 15) is 0 Å². The molecule has 1 aromatic carbocycles. The van der Waals surface area contributed by atoms with Crippen LogP contribution in [0.5, 0.6) is 0 Å². The number of aryl methyl sites for hydroxylation is 2. The predicted octanol–water partition coefficient (Wildman–Crippen LogP) is 2.38. The molecule has 30 heavy (non-hydrogen) atoms. The van der Waals surface area contributed by atoms with Crippen molar-refractivity contribution in [1.29, 1.82) is 0 Å². The van der Waals surface area contributed by atoms with E-state index in [2.05, 4.69) is 66.4 Å². The van der Waals surface area contributed by atoms with Crippen molar-refractivity contribution in [3.8, 4) is 0 Å². The highest BCUT2D eigenvalue weighted by molar-refractivity contribution is 14.0. The van der Waals surface area contributed by atoms with Crippen LogP contribution in [0.3, 0.4) is 0 Å². The SMILES string of the molecule is CCc1nc2n(n1)CC(NC(=NC)NCc1nccn1Cc1ccccc1)CC2.I. The average molecular weight is 520 g/mol. The summed E-state index contributed by atoms with van der Waals surface area (Å²) in [5.74, 6) is 3.77. The summed E-state index contributed by atoms with van der Waals surface area (Å²) in [4.78, 5) is 13.5. The molecule has 3 heterocycles. The average Bonchev–Trinajstić information content (AvgIpc) is 3.37. The number of hydrogen-bond donors (Lipinski definition) is 2. The summed E-state index contributed by atoms with van der Waals surface area (Å²) in [6.45, 7) is 4.32. The van der Waals surface area contributed by atoms with E-state index in [1.54, 1.807) is 7.05 Å². The lowest BCUT2D eigenvalue weighted by Crippen LogP contribution is -2.47. The third-order valence-corrected chi connectivity index (χ3v) is 5.19. The summed E-state index contributed by atoms with van der Waals surface area (Å²) in [6.07, 6.45) is 6.68. The summed E-state index contributed by atoms with van der Waals surface area (Å²) in [5.41, 5.74) is 1.26. The number of nitrogens with one attached hydrogen (secondary N) is 2. The number of rotatable bonds is 6. The molecule has 1 aliphatic heterocycles. The molecule has 8 nitrogen and oxygen atoms in total. The number of hydrogen-bond acceptors (Lipinski definition) is 4. The number of imidazole rings is 1. The highest BCUT2D eigenvalue weighted by Crippen LogP contribution is 2.13. The Hall–Kier alpha value is -2.43. The van der Waals surface area contributed by atoms with Crippen LogP contribution in [0, 0.1) is 0 Å². The molecule has 2 N–H and O–H groups in total. The highest BCUT2D eigenvalue weighted by atomic mass is 127. The maximum atomic E-state index is 4.58. The Labute approximate surface area is 194 Å². The molecular weight excluding hydrogens is 491 g/mol. The van der Waals surface area contributed by atoms with Crippen LogP contribution >= 0.6 is 24.0 Å². The van der Waals surface area contributed by atoms with Crippen LogP contribution in [0.2, 0.25) is 0 Å². The van der Waals surface area contributed by atoms with Crippen molar-refractivity contribution in [3.63, 3.8) is 0 Å². The lowest BCUT2D eigenvalue weighted by atomic mass is 10.1. The summed E-state index contributed by atoms with van der Waals surface area (Å²) < 4.78 is 4.18. The van der Waals surface area contributed by atoms with Gasteiger partial charge in [-0.1, -0.05) is 37.3 Å². The van der Waals surface area contributed by atoms with Gasteiger partial charge in [0.15, 0.2) is 11.8 Å². The Morgan fingerprint density at radius 1 is 1.27 bits per heavy atom. The third-order valence-electron chi connectivity index (χ3n) is 5.19. The van der Waals surface area contributed by atoms with Gasteiger partial charge in [0.2, 0.25) is 0 Å². The minimum atomic E-state index is 0. The van der Waals surface area contributed by atoms with Crippen molar-refractivity contribution in [1.82, 2.24) is 34.9 Å². The van der Waals surface area contributed by atoms with Crippen molar-refractivity contribution in [2.24, 2.45) is 4.99 Å². The fourth-order valence-corrected chi connectivity index (χ4v) is 3.61. The van der Waals surface area contributed by atoms with Crippen molar-refractivity contribution >= 4 is 29.9 Å². The fourth-order valence-electron chi connectivity index (χ4n) is 3.61. The zero-order valence-corrected chi connectivity index (χ0v) is 19.8. The largest absolute Gasteiger partial charge is 0.352 e. The van der Waals surface area contributed by atoms with Crippen LogP contribution in [0.25, 0.3) is 0 Å². The van der Waals surface area contributed by atoms with Gasteiger partial charge in [-0.05, 0) is 12.0 Å². The van der Waals surface area contributed by atoms with Gasteiger partial charge in [0.25, 0.3) is 0 Å². The molecule has 1 atom stereocenters. The Kier molecular flexibility index (Phi) is 7.83. The first kappa shape index (κ1) is 22.3. The molecule has 9 heteroatoms. The first-order valence-electron chi connectivity index (χ1n) is 10.2. The molecule has 0 bridgehead atoms. The molecular formula is C21H29IN8. The van der Waals surface area contributed by atoms with Crippen molar-refractivity contribution in [2.75, 3.05) is 7.05 Å². The molecule has 0 spiro atoms. The standard InChI is InChI=1S/C21H28N8.HI/c1-3-18-26-19-10-9-17(15-29(19)27-18)25-21(22-2)24-13-20-23-11-12-28(20)14-16-7-5-4-6-8-16;/h4-8,11-12,17H,3,9-10,13-15H2,1-2H3,(H2,22,24,25);1H. The molecule has 0 radical (unpaired) electrons. The molecule has 0 aliphatic carbocycles.